The molecule has 1 aromatic carbocycles. The highest BCUT2D eigenvalue weighted by Crippen LogP contribution is 2.27. The molecule has 0 saturated carbocycles. The van der Waals surface area contributed by atoms with Crippen LogP contribution in [0, 0.1) is 5.82 Å². The van der Waals surface area contributed by atoms with Gasteiger partial charge in [0.2, 0.25) is 0 Å². The van der Waals surface area contributed by atoms with Gasteiger partial charge in [0.15, 0.2) is 0 Å². The number of nitrogens with zero attached hydrogens (tertiary/aromatic N) is 1. The smallest absolute Gasteiger partial charge is 0.263 e. The zero-order chi connectivity index (χ0) is 13.1. The number of amides is 1. The summed E-state index contributed by atoms with van der Waals surface area (Å²) in [4.78, 5) is 14.5. The van der Waals surface area contributed by atoms with E-state index in [1.165, 1.54) is 23.5 Å². The van der Waals surface area contributed by atoms with Crippen molar-refractivity contribution >= 4 is 38.9 Å². The van der Waals surface area contributed by atoms with Crippen molar-refractivity contribution in [2.45, 2.75) is 6.92 Å². The molecule has 0 spiro atoms. The second-order valence-electron chi connectivity index (χ2n) is 3.87. The van der Waals surface area contributed by atoms with Crippen molar-refractivity contribution < 1.29 is 9.18 Å². The Kier molecular flexibility index (Phi) is 4.19. The fraction of sp³-hybridized carbons (Fsp3) is 0.308. The van der Waals surface area contributed by atoms with E-state index in [9.17, 15) is 9.18 Å². The molecule has 1 amide bonds. The number of alkyl halides is 1. The van der Waals surface area contributed by atoms with Crippen LogP contribution in [-0.4, -0.2) is 29.8 Å². The molecule has 18 heavy (non-hydrogen) atoms. The van der Waals surface area contributed by atoms with Gasteiger partial charge >= 0.3 is 0 Å². The molecular weight excluding hydrogens is 273 g/mol. The van der Waals surface area contributed by atoms with Gasteiger partial charge in [0.1, 0.15) is 5.82 Å². The minimum atomic E-state index is -0.281. The summed E-state index contributed by atoms with van der Waals surface area (Å²) in [7, 11) is 0. The zero-order valence-electron chi connectivity index (χ0n) is 9.95. The molecule has 0 saturated heterocycles. The number of fused-ring (bicyclic) bond motifs is 1. The highest BCUT2D eigenvalue weighted by atomic mass is 35.5. The zero-order valence-corrected chi connectivity index (χ0v) is 11.5. The molecule has 0 unspecified atom stereocenters. The molecule has 96 valence electrons. The van der Waals surface area contributed by atoms with E-state index in [-0.39, 0.29) is 11.7 Å². The average molecular weight is 286 g/mol. The minimum absolute atomic E-state index is 0.0419. The average Bonchev–Trinajstić information content (AvgIpc) is 2.77. The van der Waals surface area contributed by atoms with E-state index in [2.05, 4.69) is 0 Å². The Bertz CT molecular complexity index is 569. The van der Waals surface area contributed by atoms with Crippen LogP contribution in [0.15, 0.2) is 24.3 Å². The molecule has 0 aliphatic rings. The summed E-state index contributed by atoms with van der Waals surface area (Å²) in [6, 6.07) is 6.35. The van der Waals surface area contributed by atoms with Crippen LogP contribution < -0.4 is 0 Å². The number of benzene rings is 1. The maximum atomic E-state index is 13.1. The first kappa shape index (κ1) is 13.3. The Hall–Kier alpha value is -1.13. The number of thiophene rings is 1. The lowest BCUT2D eigenvalue weighted by molar-refractivity contribution is 0.0779. The molecule has 2 aromatic rings. The SMILES string of the molecule is CCN(CCCl)C(=O)c1cc2ccc(F)cc2s1. The Balaban J connectivity index is 2.32. The molecule has 0 atom stereocenters. The predicted octanol–water partition coefficient (Wildman–Crippen LogP) is 3.74. The van der Waals surface area contributed by atoms with E-state index in [0.717, 1.165) is 10.1 Å². The van der Waals surface area contributed by atoms with Gasteiger partial charge in [0.25, 0.3) is 5.91 Å². The summed E-state index contributed by atoms with van der Waals surface area (Å²) in [6.45, 7) is 3.06. The molecule has 2 rings (SSSR count). The van der Waals surface area contributed by atoms with Crippen LogP contribution >= 0.6 is 22.9 Å². The first-order valence-electron chi connectivity index (χ1n) is 5.70. The lowest BCUT2D eigenvalue weighted by atomic mass is 10.2. The molecule has 5 heteroatoms. The topological polar surface area (TPSA) is 20.3 Å². The standard InChI is InChI=1S/C13H13ClFNOS/c1-2-16(6-5-14)13(17)12-7-9-3-4-10(15)8-11(9)18-12/h3-4,7-8H,2,5-6H2,1H3. The fourth-order valence-electron chi connectivity index (χ4n) is 1.77. The largest absolute Gasteiger partial charge is 0.337 e. The van der Waals surface area contributed by atoms with Crippen molar-refractivity contribution in [3.63, 3.8) is 0 Å². The second-order valence-corrected chi connectivity index (χ2v) is 5.33. The third-order valence-electron chi connectivity index (χ3n) is 2.72. The van der Waals surface area contributed by atoms with Gasteiger partial charge in [-0.1, -0.05) is 6.07 Å². The van der Waals surface area contributed by atoms with Gasteiger partial charge in [-0.2, -0.15) is 0 Å². The van der Waals surface area contributed by atoms with Crippen molar-refractivity contribution in [2.24, 2.45) is 0 Å². The number of halogens is 2. The van der Waals surface area contributed by atoms with Crippen LogP contribution in [-0.2, 0) is 0 Å². The summed E-state index contributed by atoms with van der Waals surface area (Å²) < 4.78 is 13.9. The third-order valence-corrected chi connectivity index (χ3v) is 3.97. The van der Waals surface area contributed by atoms with Gasteiger partial charge in [0, 0.05) is 23.7 Å². The van der Waals surface area contributed by atoms with Crippen LogP contribution in [0.2, 0.25) is 0 Å². The maximum absolute atomic E-state index is 13.1. The quantitative estimate of drug-likeness (QED) is 0.784. The molecule has 1 aromatic heterocycles. The predicted molar refractivity (Wildman–Crippen MR) is 74.1 cm³/mol. The van der Waals surface area contributed by atoms with E-state index in [0.29, 0.717) is 23.8 Å². The molecule has 0 aliphatic heterocycles. The van der Waals surface area contributed by atoms with Crippen molar-refractivity contribution in [3.05, 3.63) is 35.0 Å². The maximum Gasteiger partial charge on any atom is 0.263 e. The first-order chi connectivity index (χ1) is 8.65. The van der Waals surface area contributed by atoms with Crippen LogP contribution in [0.5, 0.6) is 0 Å². The third kappa shape index (κ3) is 2.65. The Morgan fingerprint density at radius 2 is 2.22 bits per heavy atom. The van der Waals surface area contributed by atoms with Crippen LogP contribution in [0.3, 0.4) is 0 Å². The van der Waals surface area contributed by atoms with Gasteiger partial charge in [-0.3, -0.25) is 4.79 Å². The van der Waals surface area contributed by atoms with Crippen LogP contribution in [0.1, 0.15) is 16.6 Å². The number of hydrogen-bond acceptors (Lipinski definition) is 2. The van der Waals surface area contributed by atoms with E-state index in [4.69, 9.17) is 11.6 Å². The lowest BCUT2D eigenvalue weighted by Crippen LogP contribution is -2.31. The van der Waals surface area contributed by atoms with Crippen LogP contribution in [0.4, 0.5) is 4.39 Å². The van der Waals surface area contributed by atoms with Gasteiger partial charge < -0.3 is 4.90 Å². The molecule has 0 radical (unpaired) electrons. The second kappa shape index (κ2) is 5.67. The number of carbonyl (C=O) groups excluding carboxylic acids is 1. The fourth-order valence-corrected chi connectivity index (χ4v) is 3.03. The van der Waals surface area contributed by atoms with Gasteiger partial charge in [-0.05, 0) is 30.5 Å². The van der Waals surface area contributed by atoms with Crippen molar-refractivity contribution in [1.29, 1.82) is 0 Å². The van der Waals surface area contributed by atoms with Gasteiger partial charge in [-0.15, -0.1) is 22.9 Å². The lowest BCUT2D eigenvalue weighted by Gasteiger charge is -2.18. The molecule has 0 fully saturated rings. The monoisotopic (exact) mass is 285 g/mol. The minimum Gasteiger partial charge on any atom is -0.337 e. The Morgan fingerprint density at radius 3 is 2.89 bits per heavy atom. The van der Waals surface area contributed by atoms with Crippen molar-refractivity contribution in [2.75, 3.05) is 19.0 Å². The summed E-state index contributed by atoms with van der Waals surface area (Å²) in [6.07, 6.45) is 0. The van der Waals surface area contributed by atoms with E-state index in [1.54, 1.807) is 17.0 Å². The van der Waals surface area contributed by atoms with Gasteiger partial charge in [-0.25, -0.2) is 4.39 Å². The Labute approximate surface area is 114 Å². The Morgan fingerprint density at radius 1 is 1.44 bits per heavy atom. The normalized spacial score (nSPS) is 10.8. The number of rotatable bonds is 4. The number of hydrogen-bond donors (Lipinski definition) is 0. The highest BCUT2D eigenvalue weighted by molar-refractivity contribution is 7.20. The van der Waals surface area contributed by atoms with E-state index < -0.39 is 0 Å². The molecular formula is C13H13ClFNOS. The first-order valence-corrected chi connectivity index (χ1v) is 7.05. The van der Waals surface area contributed by atoms with Crippen molar-refractivity contribution in [1.82, 2.24) is 4.90 Å². The van der Waals surface area contributed by atoms with E-state index in [1.807, 2.05) is 6.92 Å². The molecule has 1 heterocycles. The van der Waals surface area contributed by atoms with Crippen LogP contribution in [0.25, 0.3) is 10.1 Å². The number of carbonyl (C=O) groups is 1. The summed E-state index contributed by atoms with van der Waals surface area (Å²) >= 11 is 6.98. The van der Waals surface area contributed by atoms with Crippen molar-refractivity contribution in [3.8, 4) is 0 Å². The highest BCUT2D eigenvalue weighted by Gasteiger charge is 2.16. The van der Waals surface area contributed by atoms with Gasteiger partial charge in [0.05, 0.1) is 4.88 Å². The summed E-state index contributed by atoms with van der Waals surface area (Å²) in [5, 5.41) is 0.895. The molecule has 0 N–H and O–H groups in total. The molecule has 0 bridgehead atoms. The summed E-state index contributed by atoms with van der Waals surface area (Å²) in [5.74, 6) is 0.0928. The molecule has 2 nitrogen and oxygen atoms in total. The van der Waals surface area contributed by atoms with E-state index >= 15 is 0 Å². The molecule has 0 aliphatic carbocycles. The summed E-state index contributed by atoms with van der Waals surface area (Å²) in [5.41, 5.74) is 0.